The predicted octanol–water partition coefficient (Wildman–Crippen LogP) is 4.11. The molecule has 2 N–H and O–H groups in total. The second-order valence-electron chi connectivity index (χ2n) is 5.20. The summed E-state index contributed by atoms with van der Waals surface area (Å²) in [6.07, 6.45) is 0.954. The Morgan fingerprint density at radius 2 is 2.00 bits per heavy atom. The molecule has 0 radical (unpaired) electrons. The molecule has 1 unspecified atom stereocenters. The average Bonchev–Trinajstić information content (AvgIpc) is 2.37. The number of aliphatic hydroxyl groups is 1. The highest BCUT2D eigenvalue weighted by Crippen LogP contribution is 2.33. The first-order chi connectivity index (χ1) is 9.47. The average molecular weight is 409 g/mol. The van der Waals surface area contributed by atoms with E-state index in [0.29, 0.717) is 19.1 Å². The molecule has 3 nitrogen and oxygen atoms in total. The molecule has 20 heavy (non-hydrogen) atoms. The van der Waals surface area contributed by atoms with E-state index in [4.69, 9.17) is 4.74 Å². The Hall–Kier alpha value is -0.100. The minimum absolute atomic E-state index is 0.113. The molecule has 0 aliphatic carbocycles. The molecular formula is C15H23Br2NO2. The van der Waals surface area contributed by atoms with Crippen LogP contribution in [0.15, 0.2) is 21.1 Å². The number of hydrogen-bond acceptors (Lipinski definition) is 3. The summed E-state index contributed by atoms with van der Waals surface area (Å²) in [7, 11) is 0. The normalized spacial score (nSPS) is 12.8. The Bertz CT molecular complexity index is 425. The van der Waals surface area contributed by atoms with Crippen molar-refractivity contribution in [2.45, 2.75) is 39.8 Å². The van der Waals surface area contributed by atoms with E-state index in [1.54, 1.807) is 0 Å². The van der Waals surface area contributed by atoms with Gasteiger partial charge >= 0.3 is 0 Å². The first kappa shape index (κ1) is 18.0. The van der Waals surface area contributed by atoms with E-state index in [1.165, 1.54) is 0 Å². The van der Waals surface area contributed by atoms with Crippen LogP contribution in [0.4, 0.5) is 0 Å². The molecule has 0 fully saturated rings. The Morgan fingerprint density at radius 1 is 1.30 bits per heavy atom. The van der Waals surface area contributed by atoms with Gasteiger partial charge in [-0.25, -0.2) is 0 Å². The van der Waals surface area contributed by atoms with Crippen molar-refractivity contribution in [3.05, 3.63) is 26.6 Å². The number of halogens is 2. The maximum Gasteiger partial charge on any atom is 0.138 e. The number of nitrogens with one attached hydrogen (secondary N) is 1. The van der Waals surface area contributed by atoms with Gasteiger partial charge in [-0.3, -0.25) is 0 Å². The van der Waals surface area contributed by atoms with E-state index in [9.17, 15) is 5.11 Å². The van der Waals surface area contributed by atoms with Gasteiger partial charge in [-0.1, -0.05) is 29.8 Å². The summed E-state index contributed by atoms with van der Waals surface area (Å²) in [6, 6.07) is 4.14. The topological polar surface area (TPSA) is 41.5 Å². The zero-order valence-electron chi connectivity index (χ0n) is 12.2. The molecular weight excluding hydrogens is 386 g/mol. The smallest absolute Gasteiger partial charge is 0.138 e. The van der Waals surface area contributed by atoms with Gasteiger partial charge in [0.15, 0.2) is 0 Å². The summed E-state index contributed by atoms with van der Waals surface area (Å²) in [6.45, 7) is 7.74. The molecule has 0 saturated heterocycles. The van der Waals surface area contributed by atoms with E-state index in [0.717, 1.165) is 26.7 Å². The van der Waals surface area contributed by atoms with Crippen LogP contribution in [0.25, 0.3) is 0 Å². The molecule has 0 spiro atoms. The van der Waals surface area contributed by atoms with Crippen molar-refractivity contribution in [2.75, 3.05) is 13.2 Å². The van der Waals surface area contributed by atoms with Crippen molar-refractivity contribution in [1.82, 2.24) is 5.32 Å². The van der Waals surface area contributed by atoms with Gasteiger partial charge in [0.1, 0.15) is 5.75 Å². The second-order valence-corrected chi connectivity index (χ2v) is 6.97. The summed E-state index contributed by atoms with van der Waals surface area (Å²) < 4.78 is 7.65. The first-order valence-corrected chi connectivity index (χ1v) is 8.51. The van der Waals surface area contributed by atoms with E-state index in [2.05, 4.69) is 51.0 Å². The molecule has 0 aliphatic heterocycles. The Labute approximate surface area is 138 Å². The van der Waals surface area contributed by atoms with Crippen LogP contribution in [0.5, 0.6) is 5.75 Å². The minimum Gasteiger partial charge on any atom is -0.492 e. The lowest BCUT2D eigenvalue weighted by atomic mass is 10.0. The molecule has 0 amide bonds. The van der Waals surface area contributed by atoms with Gasteiger partial charge < -0.3 is 15.2 Å². The molecule has 0 aliphatic rings. The largest absolute Gasteiger partial charge is 0.492 e. The highest BCUT2D eigenvalue weighted by molar-refractivity contribution is 9.11. The van der Waals surface area contributed by atoms with Gasteiger partial charge in [0.25, 0.3) is 0 Å². The van der Waals surface area contributed by atoms with Crippen molar-refractivity contribution in [3.8, 4) is 5.75 Å². The van der Waals surface area contributed by atoms with Crippen LogP contribution in [-0.4, -0.2) is 24.4 Å². The van der Waals surface area contributed by atoms with Gasteiger partial charge in [0.2, 0.25) is 0 Å². The van der Waals surface area contributed by atoms with Crippen molar-refractivity contribution in [1.29, 1.82) is 0 Å². The minimum atomic E-state index is 0.113. The molecule has 5 heteroatoms. The quantitative estimate of drug-likeness (QED) is 0.680. The van der Waals surface area contributed by atoms with E-state index < -0.39 is 0 Å². The summed E-state index contributed by atoms with van der Waals surface area (Å²) in [5.74, 6) is 1.42. The summed E-state index contributed by atoms with van der Waals surface area (Å²) in [5, 5.41) is 12.8. The monoisotopic (exact) mass is 407 g/mol. The number of hydrogen-bond donors (Lipinski definition) is 2. The lowest BCUT2D eigenvalue weighted by molar-refractivity contribution is 0.223. The van der Waals surface area contributed by atoms with Crippen LogP contribution >= 0.6 is 31.9 Å². The molecule has 0 saturated carbocycles. The van der Waals surface area contributed by atoms with Crippen molar-refractivity contribution in [2.24, 2.45) is 5.92 Å². The highest BCUT2D eigenvalue weighted by Gasteiger charge is 2.13. The third kappa shape index (κ3) is 5.72. The maximum atomic E-state index is 9.42. The fraction of sp³-hybridized carbons (Fsp3) is 0.600. The number of ether oxygens (including phenoxy) is 1. The summed E-state index contributed by atoms with van der Waals surface area (Å²) in [5.41, 5.74) is 1.08. The second kappa shape index (κ2) is 9.03. The zero-order chi connectivity index (χ0) is 15.1. The van der Waals surface area contributed by atoms with Gasteiger partial charge in [-0.05, 0) is 47.3 Å². The van der Waals surface area contributed by atoms with Crippen LogP contribution in [-0.2, 0) is 6.54 Å². The molecule has 1 aromatic carbocycles. The highest BCUT2D eigenvalue weighted by atomic mass is 79.9. The fourth-order valence-electron chi connectivity index (χ4n) is 2.10. The van der Waals surface area contributed by atoms with Crippen LogP contribution in [0.1, 0.15) is 32.8 Å². The molecule has 0 aromatic heterocycles. The maximum absolute atomic E-state index is 9.42. The van der Waals surface area contributed by atoms with Crippen LogP contribution in [0, 0.1) is 5.92 Å². The standard InChI is InChI=1S/C15H23Br2NO2/c1-4-20-15-11(6-12(16)7-14(15)17)8-18-13(9-19)5-10(2)3/h6-7,10,13,18-19H,4-5,8-9H2,1-3H3. The number of aliphatic hydroxyl groups excluding tert-OH is 1. The molecule has 0 bridgehead atoms. The molecule has 0 heterocycles. The van der Waals surface area contributed by atoms with Crippen molar-refractivity contribution < 1.29 is 9.84 Å². The van der Waals surface area contributed by atoms with Gasteiger partial charge in [-0.2, -0.15) is 0 Å². The van der Waals surface area contributed by atoms with Crippen LogP contribution in [0.3, 0.4) is 0 Å². The third-order valence-corrected chi connectivity index (χ3v) is 3.98. The Balaban J connectivity index is 2.79. The lowest BCUT2D eigenvalue weighted by Crippen LogP contribution is -2.33. The molecule has 1 aromatic rings. The number of benzene rings is 1. The molecule has 1 atom stereocenters. The Kier molecular flexibility index (Phi) is 8.10. The molecule has 114 valence electrons. The van der Waals surface area contributed by atoms with Gasteiger partial charge in [0, 0.05) is 22.6 Å². The molecule has 1 rings (SSSR count). The predicted molar refractivity (Wildman–Crippen MR) is 90.2 cm³/mol. The van der Waals surface area contributed by atoms with Crippen molar-refractivity contribution >= 4 is 31.9 Å². The fourth-order valence-corrected chi connectivity index (χ4v) is 3.52. The first-order valence-electron chi connectivity index (χ1n) is 6.92. The summed E-state index contributed by atoms with van der Waals surface area (Å²) in [4.78, 5) is 0. The van der Waals surface area contributed by atoms with E-state index in [1.807, 2.05) is 19.1 Å². The van der Waals surface area contributed by atoms with Crippen molar-refractivity contribution in [3.63, 3.8) is 0 Å². The van der Waals surface area contributed by atoms with E-state index >= 15 is 0 Å². The summed E-state index contributed by atoms with van der Waals surface area (Å²) >= 11 is 7.03. The SMILES string of the molecule is CCOc1c(Br)cc(Br)cc1CNC(CO)CC(C)C. The number of rotatable bonds is 8. The van der Waals surface area contributed by atoms with Crippen LogP contribution in [0.2, 0.25) is 0 Å². The zero-order valence-corrected chi connectivity index (χ0v) is 15.4. The Morgan fingerprint density at radius 3 is 2.55 bits per heavy atom. The third-order valence-electron chi connectivity index (χ3n) is 2.93. The van der Waals surface area contributed by atoms with Gasteiger partial charge in [-0.15, -0.1) is 0 Å². The van der Waals surface area contributed by atoms with Crippen LogP contribution < -0.4 is 10.1 Å². The lowest BCUT2D eigenvalue weighted by Gasteiger charge is -2.20. The van der Waals surface area contributed by atoms with E-state index in [-0.39, 0.29) is 12.6 Å². The van der Waals surface area contributed by atoms with Gasteiger partial charge in [0.05, 0.1) is 17.7 Å².